The molecule has 0 spiro atoms. The Morgan fingerprint density at radius 1 is 1.25 bits per heavy atom. The molecule has 1 saturated heterocycles. The van der Waals surface area contributed by atoms with Crippen molar-refractivity contribution < 1.29 is 14.1 Å². The number of primary amides is 1. The SMILES string of the molecule is CC1(C)OB(c2ccc([CH]C(N)=O)c(Cl)c2)OC1(C)C. The van der Waals surface area contributed by atoms with Crippen LogP contribution in [0.2, 0.25) is 5.02 Å². The first-order valence-corrected chi connectivity index (χ1v) is 6.79. The molecule has 2 rings (SSSR count). The maximum atomic E-state index is 10.9. The van der Waals surface area contributed by atoms with Crippen LogP contribution in [0, 0.1) is 6.42 Å². The molecule has 0 aliphatic carbocycles. The number of carbonyl (C=O) groups is 1. The van der Waals surface area contributed by atoms with E-state index in [0.29, 0.717) is 10.6 Å². The molecule has 1 radical (unpaired) electrons. The minimum atomic E-state index is -0.532. The summed E-state index contributed by atoms with van der Waals surface area (Å²) >= 11 is 6.14. The fourth-order valence-corrected chi connectivity index (χ4v) is 2.18. The van der Waals surface area contributed by atoms with Crippen LogP contribution in [-0.4, -0.2) is 24.2 Å². The van der Waals surface area contributed by atoms with Gasteiger partial charge in [0.25, 0.3) is 0 Å². The molecule has 1 aromatic rings. The van der Waals surface area contributed by atoms with E-state index in [-0.39, 0.29) is 0 Å². The fraction of sp³-hybridized carbons (Fsp3) is 0.429. The average Bonchev–Trinajstić information content (AvgIpc) is 2.50. The Kier molecular flexibility index (Phi) is 3.89. The molecule has 1 aliphatic heterocycles. The molecule has 1 aromatic carbocycles. The summed E-state index contributed by atoms with van der Waals surface area (Å²) in [4.78, 5) is 10.9. The molecule has 0 unspecified atom stereocenters. The lowest BCUT2D eigenvalue weighted by atomic mass is 9.78. The molecule has 0 saturated carbocycles. The third kappa shape index (κ3) is 2.85. The maximum absolute atomic E-state index is 10.9. The number of hydrogen-bond acceptors (Lipinski definition) is 3. The van der Waals surface area contributed by atoms with Crippen LogP contribution in [0.3, 0.4) is 0 Å². The Morgan fingerprint density at radius 3 is 2.25 bits per heavy atom. The Balaban J connectivity index is 2.24. The highest BCUT2D eigenvalue weighted by molar-refractivity contribution is 6.62. The van der Waals surface area contributed by atoms with E-state index in [1.165, 1.54) is 6.42 Å². The third-order valence-corrected chi connectivity index (χ3v) is 4.18. The van der Waals surface area contributed by atoms with Crippen molar-refractivity contribution in [2.75, 3.05) is 0 Å². The van der Waals surface area contributed by atoms with E-state index in [2.05, 4.69) is 0 Å². The van der Waals surface area contributed by atoms with Crippen LogP contribution in [0.25, 0.3) is 0 Å². The van der Waals surface area contributed by atoms with Gasteiger partial charge in [-0.3, -0.25) is 4.79 Å². The minimum absolute atomic E-state index is 0.401. The zero-order chi connectivity index (χ0) is 15.1. The lowest BCUT2D eigenvalue weighted by Crippen LogP contribution is -2.41. The summed E-state index contributed by atoms with van der Waals surface area (Å²) in [5.74, 6) is -0.532. The number of halogens is 1. The predicted molar refractivity (Wildman–Crippen MR) is 79.8 cm³/mol. The Labute approximate surface area is 124 Å². The second-order valence-corrected chi connectivity index (χ2v) is 6.32. The number of amides is 1. The summed E-state index contributed by atoms with van der Waals surface area (Å²) in [5, 5.41) is 0.441. The minimum Gasteiger partial charge on any atom is -0.399 e. The largest absolute Gasteiger partial charge is 0.494 e. The molecule has 0 atom stereocenters. The van der Waals surface area contributed by atoms with E-state index < -0.39 is 24.2 Å². The molecule has 4 nitrogen and oxygen atoms in total. The van der Waals surface area contributed by atoms with Crippen molar-refractivity contribution in [3.05, 3.63) is 35.2 Å². The van der Waals surface area contributed by atoms with Gasteiger partial charge in [0, 0.05) is 5.02 Å². The number of carbonyl (C=O) groups excluding carboxylic acids is 1. The van der Waals surface area contributed by atoms with Gasteiger partial charge in [0.15, 0.2) is 0 Å². The maximum Gasteiger partial charge on any atom is 0.494 e. The quantitative estimate of drug-likeness (QED) is 0.863. The summed E-state index contributed by atoms with van der Waals surface area (Å²) in [6, 6.07) is 5.29. The van der Waals surface area contributed by atoms with Gasteiger partial charge in [0.1, 0.15) is 0 Å². The highest BCUT2D eigenvalue weighted by Gasteiger charge is 2.51. The number of hydrogen-bond donors (Lipinski definition) is 1. The van der Waals surface area contributed by atoms with Crippen LogP contribution < -0.4 is 11.2 Å². The molecule has 0 bridgehead atoms. The number of benzene rings is 1. The molecule has 1 fully saturated rings. The monoisotopic (exact) mass is 294 g/mol. The number of nitrogens with two attached hydrogens (primary N) is 1. The van der Waals surface area contributed by atoms with Gasteiger partial charge in [0.2, 0.25) is 5.91 Å². The van der Waals surface area contributed by atoms with E-state index in [1.54, 1.807) is 12.1 Å². The molecular formula is C14H18BClNO3. The molecule has 1 amide bonds. The smallest absolute Gasteiger partial charge is 0.399 e. The molecule has 1 aliphatic rings. The van der Waals surface area contributed by atoms with Crippen molar-refractivity contribution in [3.63, 3.8) is 0 Å². The van der Waals surface area contributed by atoms with Gasteiger partial charge in [-0.05, 0) is 44.8 Å². The lowest BCUT2D eigenvalue weighted by molar-refractivity contribution is -0.114. The van der Waals surface area contributed by atoms with Crippen molar-refractivity contribution >= 4 is 30.1 Å². The van der Waals surface area contributed by atoms with Crippen molar-refractivity contribution in [2.45, 2.75) is 38.9 Å². The van der Waals surface area contributed by atoms with E-state index in [1.807, 2.05) is 33.8 Å². The average molecular weight is 295 g/mol. The van der Waals surface area contributed by atoms with Crippen molar-refractivity contribution in [1.82, 2.24) is 0 Å². The van der Waals surface area contributed by atoms with Crippen LogP contribution in [-0.2, 0) is 14.1 Å². The van der Waals surface area contributed by atoms with Gasteiger partial charge in [-0.25, -0.2) is 0 Å². The zero-order valence-electron chi connectivity index (χ0n) is 12.1. The normalized spacial score (nSPS) is 20.1. The molecule has 6 heteroatoms. The second kappa shape index (κ2) is 5.06. The van der Waals surface area contributed by atoms with E-state index >= 15 is 0 Å². The van der Waals surface area contributed by atoms with Gasteiger partial charge >= 0.3 is 7.12 Å². The molecule has 2 N–H and O–H groups in total. The summed E-state index contributed by atoms with van der Waals surface area (Å²) in [6.45, 7) is 7.96. The molecule has 1 heterocycles. The van der Waals surface area contributed by atoms with Gasteiger partial charge < -0.3 is 15.0 Å². The fourth-order valence-electron chi connectivity index (χ4n) is 1.94. The predicted octanol–water partition coefficient (Wildman–Crippen LogP) is 1.68. The van der Waals surface area contributed by atoms with Crippen LogP contribution in [0.4, 0.5) is 0 Å². The Bertz CT molecular complexity index is 529. The van der Waals surface area contributed by atoms with E-state index in [0.717, 1.165) is 5.46 Å². The van der Waals surface area contributed by atoms with Crippen LogP contribution in [0.5, 0.6) is 0 Å². The Hall–Kier alpha value is -1.04. The summed E-state index contributed by atoms with van der Waals surface area (Å²) in [7, 11) is -0.472. The molecule has 20 heavy (non-hydrogen) atoms. The van der Waals surface area contributed by atoms with E-state index in [9.17, 15) is 4.79 Å². The first kappa shape index (κ1) is 15.4. The summed E-state index contributed by atoms with van der Waals surface area (Å²) in [6.07, 6.45) is 1.29. The van der Waals surface area contributed by atoms with Gasteiger partial charge in [-0.15, -0.1) is 0 Å². The summed E-state index contributed by atoms with van der Waals surface area (Å²) in [5.41, 5.74) is 5.72. The van der Waals surface area contributed by atoms with Gasteiger partial charge in [0.05, 0.1) is 17.6 Å². The highest BCUT2D eigenvalue weighted by Crippen LogP contribution is 2.36. The van der Waals surface area contributed by atoms with Gasteiger partial charge in [-0.1, -0.05) is 23.7 Å². The van der Waals surface area contributed by atoms with Crippen molar-refractivity contribution in [3.8, 4) is 0 Å². The van der Waals surface area contributed by atoms with Crippen LogP contribution >= 0.6 is 11.6 Å². The van der Waals surface area contributed by atoms with Gasteiger partial charge in [-0.2, -0.15) is 0 Å². The first-order valence-electron chi connectivity index (χ1n) is 6.42. The first-order chi connectivity index (χ1) is 9.12. The summed E-state index contributed by atoms with van der Waals surface area (Å²) < 4.78 is 11.9. The lowest BCUT2D eigenvalue weighted by Gasteiger charge is -2.32. The standard InChI is InChI=1S/C14H18BClNO3/c1-13(2)14(3,4)20-15(19-13)10-6-5-9(7-12(17)18)11(16)8-10/h5-8H,1-4H3,(H2,17,18). The van der Waals surface area contributed by atoms with Crippen molar-refractivity contribution in [2.24, 2.45) is 5.73 Å². The third-order valence-electron chi connectivity index (χ3n) is 3.85. The topological polar surface area (TPSA) is 61.5 Å². The Morgan fingerprint density at radius 2 is 1.80 bits per heavy atom. The highest BCUT2D eigenvalue weighted by atomic mass is 35.5. The number of rotatable bonds is 3. The van der Waals surface area contributed by atoms with Crippen LogP contribution in [0.1, 0.15) is 33.3 Å². The molecular weight excluding hydrogens is 276 g/mol. The van der Waals surface area contributed by atoms with Crippen LogP contribution in [0.15, 0.2) is 18.2 Å². The molecule has 107 valence electrons. The van der Waals surface area contributed by atoms with Crippen molar-refractivity contribution in [1.29, 1.82) is 0 Å². The van der Waals surface area contributed by atoms with E-state index in [4.69, 9.17) is 26.6 Å². The second-order valence-electron chi connectivity index (χ2n) is 5.92. The molecule has 0 aromatic heterocycles. The zero-order valence-corrected chi connectivity index (χ0v) is 12.8.